The van der Waals surface area contributed by atoms with E-state index in [0.717, 1.165) is 5.69 Å². The Bertz CT molecular complexity index is 453. The molecule has 0 spiro atoms. The topological polar surface area (TPSA) is 63.9 Å². The van der Waals surface area contributed by atoms with E-state index < -0.39 is 0 Å². The molecular weight excluding hydrogens is 209 g/mol. The summed E-state index contributed by atoms with van der Waals surface area (Å²) in [5.74, 6) is 0.847. The summed E-state index contributed by atoms with van der Waals surface area (Å²) in [4.78, 5) is 0. The Morgan fingerprint density at radius 2 is 2.06 bits per heavy atom. The molecule has 2 aromatic rings. The molecule has 0 fully saturated rings. The van der Waals surface area contributed by atoms with Gasteiger partial charge in [-0.3, -0.25) is 5.10 Å². The highest BCUT2D eigenvalue weighted by Gasteiger charge is 1.99. The van der Waals surface area contributed by atoms with Gasteiger partial charge in [0.15, 0.2) is 0 Å². The maximum Gasteiger partial charge on any atom is 0.145 e. The third-order valence-corrected chi connectivity index (χ3v) is 2.10. The van der Waals surface area contributed by atoms with Gasteiger partial charge in [-0.1, -0.05) is 0 Å². The molecule has 0 bridgehead atoms. The third-order valence-electron chi connectivity index (χ3n) is 2.10. The molecule has 0 aliphatic rings. The molecule has 3 N–H and O–H groups in total. The molecule has 0 saturated carbocycles. The first kappa shape index (κ1) is 10.5. The van der Waals surface area contributed by atoms with Crippen molar-refractivity contribution >= 4 is 5.82 Å². The average Bonchev–Trinajstić information content (AvgIpc) is 2.67. The first-order chi connectivity index (χ1) is 7.74. The van der Waals surface area contributed by atoms with Gasteiger partial charge in [0.2, 0.25) is 0 Å². The highest BCUT2D eigenvalue weighted by molar-refractivity contribution is 5.28. The summed E-state index contributed by atoms with van der Waals surface area (Å²) < 4.78 is 18.0. The number of ether oxygens (including phenoxy) is 1. The van der Waals surface area contributed by atoms with Crippen LogP contribution in [-0.2, 0) is 6.42 Å². The number of aromatic nitrogens is 2. The van der Waals surface area contributed by atoms with E-state index in [1.807, 2.05) is 0 Å². The molecule has 1 aromatic heterocycles. The van der Waals surface area contributed by atoms with Gasteiger partial charge in [-0.25, -0.2) is 4.39 Å². The van der Waals surface area contributed by atoms with Crippen molar-refractivity contribution < 1.29 is 9.13 Å². The number of rotatable bonds is 4. The number of nitrogens with one attached hydrogen (secondary N) is 1. The number of halogens is 1. The van der Waals surface area contributed by atoms with Crippen LogP contribution in [0.4, 0.5) is 10.2 Å². The minimum absolute atomic E-state index is 0.270. The van der Waals surface area contributed by atoms with Gasteiger partial charge in [-0.2, -0.15) is 5.10 Å². The smallest absolute Gasteiger partial charge is 0.145 e. The van der Waals surface area contributed by atoms with Crippen LogP contribution in [-0.4, -0.2) is 16.8 Å². The van der Waals surface area contributed by atoms with Crippen LogP contribution < -0.4 is 10.5 Å². The highest BCUT2D eigenvalue weighted by atomic mass is 19.1. The quantitative estimate of drug-likeness (QED) is 0.826. The minimum atomic E-state index is -0.270. The summed E-state index contributed by atoms with van der Waals surface area (Å²) in [6, 6.07) is 7.67. The van der Waals surface area contributed by atoms with E-state index in [1.54, 1.807) is 18.2 Å². The van der Waals surface area contributed by atoms with Gasteiger partial charge in [0.05, 0.1) is 6.61 Å². The van der Waals surface area contributed by atoms with Crippen LogP contribution in [0.15, 0.2) is 30.3 Å². The van der Waals surface area contributed by atoms with Gasteiger partial charge >= 0.3 is 0 Å². The zero-order valence-electron chi connectivity index (χ0n) is 8.61. The SMILES string of the molecule is Nc1cc(CCOc2ccc(F)cc2)[nH]n1. The second-order valence-corrected chi connectivity index (χ2v) is 3.37. The minimum Gasteiger partial charge on any atom is -0.493 e. The third kappa shape index (κ3) is 2.73. The van der Waals surface area contributed by atoms with Crippen molar-refractivity contribution in [3.8, 4) is 5.75 Å². The van der Waals surface area contributed by atoms with Crippen LogP contribution in [0.3, 0.4) is 0 Å². The standard InChI is InChI=1S/C11H12FN3O/c12-8-1-3-10(4-2-8)16-6-5-9-7-11(13)15-14-9/h1-4,7H,5-6H2,(H3,13,14,15). The second kappa shape index (κ2) is 4.65. The van der Waals surface area contributed by atoms with E-state index >= 15 is 0 Å². The lowest BCUT2D eigenvalue weighted by Crippen LogP contribution is -2.01. The van der Waals surface area contributed by atoms with Crippen molar-refractivity contribution in [1.82, 2.24) is 10.2 Å². The maximum atomic E-state index is 12.6. The molecule has 0 amide bonds. The van der Waals surface area contributed by atoms with Gasteiger partial charge < -0.3 is 10.5 Å². The first-order valence-electron chi connectivity index (χ1n) is 4.92. The van der Waals surface area contributed by atoms with Crippen molar-refractivity contribution in [1.29, 1.82) is 0 Å². The lowest BCUT2D eigenvalue weighted by Gasteiger charge is -2.04. The number of aromatic amines is 1. The Morgan fingerprint density at radius 1 is 1.31 bits per heavy atom. The summed E-state index contributed by atoms with van der Waals surface area (Å²) >= 11 is 0. The molecule has 0 unspecified atom stereocenters. The molecule has 0 aliphatic heterocycles. The monoisotopic (exact) mass is 221 g/mol. The lowest BCUT2D eigenvalue weighted by molar-refractivity contribution is 0.320. The van der Waals surface area contributed by atoms with Crippen molar-refractivity contribution in [3.05, 3.63) is 41.8 Å². The molecule has 84 valence electrons. The zero-order valence-corrected chi connectivity index (χ0v) is 8.61. The van der Waals surface area contributed by atoms with E-state index in [9.17, 15) is 4.39 Å². The van der Waals surface area contributed by atoms with E-state index in [1.165, 1.54) is 12.1 Å². The number of nitrogens with two attached hydrogens (primary N) is 1. The lowest BCUT2D eigenvalue weighted by atomic mass is 10.3. The molecule has 5 heteroatoms. The predicted molar refractivity (Wildman–Crippen MR) is 58.6 cm³/mol. The van der Waals surface area contributed by atoms with Crippen LogP contribution in [0.5, 0.6) is 5.75 Å². The summed E-state index contributed by atoms with van der Waals surface area (Å²) in [7, 11) is 0. The fourth-order valence-electron chi connectivity index (χ4n) is 1.32. The number of hydrogen-bond acceptors (Lipinski definition) is 3. The maximum absolute atomic E-state index is 12.6. The molecule has 0 radical (unpaired) electrons. The number of nitrogens with zero attached hydrogens (tertiary/aromatic N) is 1. The predicted octanol–water partition coefficient (Wildman–Crippen LogP) is 1.75. The number of anilines is 1. The molecule has 0 aliphatic carbocycles. The number of hydrogen-bond donors (Lipinski definition) is 2. The Kier molecular flexibility index (Phi) is 3.05. The summed E-state index contributed by atoms with van der Waals surface area (Å²) in [5.41, 5.74) is 6.37. The van der Waals surface area contributed by atoms with E-state index in [4.69, 9.17) is 10.5 Å². The largest absolute Gasteiger partial charge is 0.493 e. The molecule has 4 nitrogen and oxygen atoms in total. The van der Waals surface area contributed by atoms with Crippen LogP contribution >= 0.6 is 0 Å². The van der Waals surface area contributed by atoms with E-state index in [-0.39, 0.29) is 5.82 Å². The fraction of sp³-hybridized carbons (Fsp3) is 0.182. The van der Waals surface area contributed by atoms with Crippen molar-refractivity contribution in [2.75, 3.05) is 12.3 Å². The Morgan fingerprint density at radius 3 is 2.69 bits per heavy atom. The second-order valence-electron chi connectivity index (χ2n) is 3.37. The molecule has 1 aromatic carbocycles. The molecule has 16 heavy (non-hydrogen) atoms. The van der Waals surface area contributed by atoms with Gasteiger partial charge in [0.25, 0.3) is 0 Å². The molecule has 1 heterocycles. The molecule has 0 atom stereocenters. The van der Waals surface area contributed by atoms with Crippen LogP contribution in [0, 0.1) is 5.82 Å². The number of H-pyrrole nitrogens is 1. The molecule has 0 saturated heterocycles. The Hall–Kier alpha value is -2.04. The van der Waals surface area contributed by atoms with Gasteiger partial charge in [0, 0.05) is 18.2 Å². The summed E-state index contributed by atoms with van der Waals surface area (Å²) in [6.07, 6.45) is 0.682. The van der Waals surface area contributed by atoms with E-state index in [0.29, 0.717) is 24.6 Å². The van der Waals surface area contributed by atoms with Gasteiger partial charge in [-0.05, 0) is 24.3 Å². The van der Waals surface area contributed by atoms with Crippen molar-refractivity contribution in [2.45, 2.75) is 6.42 Å². The average molecular weight is 221 g/mol. The Labute approximate surface area is 92.2 Å². The first-order valence-corrected chi connectivity index (χ1v) is 4.92. The highest BCUT2D eigenvalue weighted by Crippen LogP contribution is 2.11. The molecule has 2 rings (SSSR count). The summed E-state index contributed by atoms with van der Waals surface area (Å²) in [5, 5.41) is 6.59. The normalized spacial score (nSPS) is 10.3. The Balaban J connectivity index is 1.82. The van der Waals surface area contributed by atoms with Crippen LogP contribution in [0.1, 0.15) is 5.69 Å². The van der Waals surface area contributed by atoms with Crippen molar-refractivity contribution in [3.63, 3.8) is 0 Å². The summed E-state index contributed by atoms with van der Waals surface area (Å²) in [6.45, 7) is 0.493. The van der Waals surface area contributed by atoms with Gasteiger partial charge in [-0.15, -0.1) is 0 Å². The number of nitrogen functional groups attached to an aromatic ring is 1. The molecular formula is C11H12FN3O. The van der Waals surface area contributed by atoms with E-state index in [2.05, 4.69) is 10.2 Å². The fourth-order valence-corrected chi connectivity index (χ4v) is 1.32. The number of benzene rings is 1. The van der Waals surface area contributed by atoms with Crippen LogP contribution in [0.25, 0.3) is 0 Å². The zero-order chi connectivity index (χ0) is 11.4. The van der Waals surface area contributed by atoms with Crippen LogP contribution in [0.2, 0.25) is 0 Å². The van der Waals surface area contributed by atoms with Crippen molar-refractivity contribution in [2.24, 2.45) is 0 Å². The van der Waals surface area contributed by atoms with Gasteiger partial charge in [0.1, 0.15) is 17.4 Å².